The van der Waals surface area contributed by atoms with E-state index >= 15 is 0 Å². The van der Waals surface area contributed by atoms with Crippen LogP contribution >= 0.6 is 0 Å². The SMILES string of the molecule is CC(C)(C)OC(=O)N1CCN(C(N)=NCC(=O)NCc2ccco2)CC1. The van der Waals surface area contributed by atoms with Gasteiger partial charge >= 0.3 is 6.09 Å². The number of furan rings is 1. The lowest BCUT2D eigenvalue weighted by atomic mass is 10.2. The predicted molar refractivity (Wildman–Crippen MR) is 96.4 cm³/mol. The van der Waals surface area contributed by atoms with Crippen LogP contribution in [0.2, 0.25) is 0 Å². The second kappa shape index (κ2) is 8.59. The van der Waals surface area contributed by atoms with Crippen LogP contribution in [-0.2, 0) is 16.1 Å². The highest BCUT2D eigenvalue weighted by atomic mass is 16.6. The molecule has 0 spiro atoms. The van der Waals surface area contributed by atoms with Crippen molar-refractivity contribution in [3.05, 3.63) is 24.2 Å². The Bertz CT molecular complexity index is 628. The highest BCUT2D eigenvalue weighted by Gasteiger charge is 2.26. The summed E-state index contributed by atoms with van der Waals surface area (Å²) in [5.41, 5.74) is 5.44. The molecule has 1 fully saturated rings. The predicted octanol–water partition coefficient (Wildman–Crippen LogP) is 0.763. The maximum absolute atomic E-state index is 12.0. The third kappa shape index (κ3) is 6.30. The molecular formula is C17H27N5O4. The van der Waals surface area contributed by atoms with Gasteiger partial charge in [-0.2, -0.15) is 0 Å². The fourth-order valence-electron chi connectivity index (χ4n) is 2.35. The maximum Gasteiger partial charge on any atom is 0.410 e. The molecule has 0 aromatic carbocycles. The molecule has 9 nitrogen and oxygen atoms in total. The lowest BCUT2D eigenvalue weighted by molar-refractivity contribution is -0.119. The average Bonchev–Trinajstić information content (AvgIpc) is 3.10. The Labute approximate surface area is 153 Å². The lowest BCUT2D eigenvalue weighted by Crippen LogP contribution is -2.53. The number of guanidine groups is 1. The van der Waals surface area contributed by atoms with Crippen LogP contribution in [-0.4, -0.2) is 66.1 Å². The highest BCUT2D eigenvalue weighted by molar-refractivity contribution is 5.84. The zero-order chi connectivity index (χ0) is 19.2. The van der Waals surface area contributed by atoms with E-state index in [0.29, 0.717) is 44.4 Å². The van der Waals surface area contributed by atoms with E-state index in [1.807, 2.05) is 25.7 Å². The van der Waals surface area contributed by atoms with Crippen molar-refractivity contribution in [1.29, 1.82) is 0 Å². The molecule has 26 heavy (non-hydrogen) atoms. The van der Waals surface area contributed by atoms with Crippen LogP contribution in [0, 0.1) is 0 Å². The van der Waals surface area contributed by atoms with Crippen molar-refractivity contribution >= 4 is 18.0 Å². The van der Waals surface area contributed by atoms with E-state index in [4.69, 9.17) is 14.9 Å². The lowest BCUT2D eigenvalue weighted by Gasteiger charge is -2.36. The summed E-state index contributed by atoms with van der Waals surface area (Å²) in [7, 11) is 0. The smallest absolute Gasteiger partial charge is 0.410 e. The normalized spacial score (nSPS) is 15.7. The Morgan fingerprint density at radius 3 is 2.50 bits per heavy atom. The maximum atomic E-state index is 12.0. The molecule has 0 aliphatic carbocycles. The first kappa shape index (κ1) is 19.6. The monoisotopic (exact) mass is 365 g/mol. The van der Waals surface area contributed by atoms with Crippen molar-refractivity contribution < 1.29 is 18.7 Å². The quantitative estimate of drug-likeness (QED) is 0.602. The van der Waals surface area contributed by atoms with Crippen molar-refractivity contribution in [2.75, 3.05) is 32.7 Å². The third-order valence-corrected chi connectivity index (χ3v) is 3.68. The Morgan fingerprint density at radius 1 is 1.27 bits per heavy atom. The van der Waals surface area contributed by atoms with E-state index in [1.54, 1.807) is 23.3 Å². The molecule has 2 rings (SSSR count). The number of amides is 2. The summed E-state index contributed by atoms with van der Waals surface area (Å²) in [4.78, 5) is 31.4. The molecule has 1 aromatic rings. The molecule has 1 saturated heterocycles. The van der Waals surface area contributed by atoms with Gasteiger partial charge < -0.3 is 30.0 Å². The van der Waals surface area contributed by atoms with Gasteiger partial charge in [-0.25, -0.2) is 9.79 Å². The van der Waals surface area contributed by atoms with Crippen molar-refractivity contribution in [3.8, 4) is 0 Å². The molecule has 144 valence electrons. The second-order valence-electron chi connectivity index (χ2n) is 6.98. The first-order valence-corrected chi connectivity index (χ1v) is 8.56. The number of aliphatic imine (C=N–C) groups is 1. The number of hydrogen-bond acceptors (Lipinski definition) is 5. The van der Waals surface area contributed by atoms with Crippen molar-refractivity contribution in [2.24, 2.45) is 10.7 Å². The number of rotatable bonds is 4. The molecule has 3 N–H and O–H groups in total. The summed E-state index contributed by atoms with van der Waals surface area (Å²) in [5.74, 6) is 0.729. The van der Waals surface area contributed by atoms with E-state index < -0.39 is 5.60 Å². The first-order valence-electron chi connectivity index (χ1n) is 8.56. The van der Waals surface area contributed by atoms with Crippen LogP contribution in [0.5, 0.6) is 0 Å². The van der Waals surface area contributed by atoms with E-state index in [0.717, 1.165) is 0 Å². The summed E-state index contributed by atoms with van der Waals surface area (Å²) in [6, 6.07) is 3.54. The van der Waals surface area contributed by atoms with Gasteiger partial charge in [0.15, 0.2) is 5.96 Å². The number of nitrogens with two attached hydrogens (primary N) is 1. The van der Waals surface area contributed by atoms with E-state index in [1.165, 1.54) is 0 Å². The molecule has 1 aliphatic rings. The van der Waals surface area contributed by atoms with Gasteiger partial charge in [-0.1, -0.05) is 0 Å². The largest absolute Gasteiger partial charge is 0.467 e. The standard InChI is InChI=1S/C17H27N5O4/c1-17(2,3)26-16(24)22-8-6-21(7-9-22)15(18)20-12-14(23)19-11-13-5-4-10-25-13/h4-5,10H,6-9,11-12H2,1-3H3,(H2,18,20)(H,19,23). The first-order chi connectivity index (χ1) is 12.2. The Morgan fingerprint density at radius 2 is 1.92 bits per heavy atom. The second-order valence-corrected chi connectivity index (χ2v) is 6.98. The molecule has 0 atom stereocenters. The topological polar surface area (TPSA) is 113 Å². The summed E-state index contributed by atoms with van der Waals surface area (Å²) in [5, 5.41) is 2.70. The number of nitrogens with zero attached hydrogens (tertiary/aromatic N) is 3. The van der Waals surface area contributed by atoms with Crippen LogP contribution in [0.25, 0.3) is 0 Å². The summed E-state index contributed by atoms with van der Waals surface area (Å²) < 4.78 is 10.5. The molecule has 2 amide bonds. The van der Waals surface area contributed by atoms with Gasteiger partial charge in [-0.05, 0) is 32.9 Å². The number of carbonyl (C=O) groups is 2. The minimum atomic E-state index is -0.516. The summed E-state index contributed by atoms with van der Waals surface area (Å²) in [6.45, 7) is 7.85. The van der Waals surface area contributed by atoms with Gasteiger partial charge in [0.25, 0.3) is 0 Å². The van der Waals surface area contributed by atoms with E-state index in [-0.39, 0.29) is 18.5 Å². The van der Waals surface area contributed by atoms with Gasteiger partial charge in [0.1, 0.15) is 17.9 Å². The zero-order valence-corrected chi connectivity index (χ0v) is 15.5. The van der Waals surface area contributed by atoms with Crippen molar-refractivity contribution in [1.82, 2.24) is 15.1 Å². The van der Waals surface area contributed by atoms with Crippen LogP contribution in [0.3, 0.4) is 0 Å². The summed E-state index contributed by atoms with van der Waals surface area (Å²) in [6.07, 6.45) is 1.22. The molecule has 0 bridgehead atoms. The van der Waals surface area contributed by atoms with Gasteiger partial charge in [-0.3, -0.25) is 4.79 Å². The van der Waals surface area contributed by atoms with Crippen molar-refractivity contribution in [2.45, 2.75) is 32.9 Å². The number of carbonyl (C=O) groups excluding carboxylic acids is 2. The zero-order valence-electron chi connectivity index (χ0n) is 15.5. The van der Waals surface area contributed by atoms with Crippen LogP contribution < -0.4 is 11.1 Å². The Hall–Kier alpha value is -2.71. The molecule has 1 aromatic heterocycles. The Kier molecular flexibility index (Phi) is 6.48. The average molecular weight is 365 g/mol. The number of ether oxygens (including phenoxy) is 1. The summed E-state index contributed by atoms with van der Waals surface area (Å²) >= 11 is 0. The molecule has 0 unspecified atom stereocenters. The molecule has 0 radical (unpaired) electrons. The minimum absolute atomic E-state index is 0.0567. The fraction of sp³-hybridized carbons (Fsp3) is 0.588. The van der Waals surface area contributed by atoms with E-state index in [2.05, 4.69) is 10.3 Å². The molecule has 0 saturated carbocycles. The van der Waals surface area contributed by atoms with Crippen molar-refractivity contribution in [3.63, 3.8) is 0 Å². The number of piperazine rings is 1. The molecule has 2 heterocycles. The third-order valence-electron chi connectivity index (χ3n) is 3.68. The van der Waals surface area contributed by atoms with Gasteiger partial charge in [0, 0.05) is 26.2 Å². The van der Waals surface area contributed by atoms with Gasteiger partial charge in [0.2, 0.25) is 5.91 Å². The molecule has 1 aliphatic heterocycles. The van der Waals surface area contributed by atoms with Gasteiger partial charge in [-0.15, -0.1) is 0 Å². The molecular weight excluding hydrogens is 338 g/mol. The fourth-order valence-corrected chi connectivity index (χ4v) is 2.35. The van der Waals surface area contributed by atoms with Crippen LogP contribution in [0.1, 0.15) is 26.5 Å². The number of nitrogens with one attached hydrogen (secondary N) is 1. The minimum Gasteiger partial charge on any atom is -0.467 e. The van der Waals surface area contributed by atoms with Gasteiger partial charge in [0.05, 0.1) is 12.8 Å². The molecule has 9 heteroatoms. The highest BCUT2D eigenvalue weighted by Crippen LogP contribution is 2.11. The van der Waals surface area contributed by atoms with Crippen LogP contribution in [0.15, 0.2) is 27.8 Å². The Balaban J connectivity index is 1.73. The number of hydrogen-bond donors (Lipinski definition) is 2. The van der Waals surface area contributed by atoms with Crippen LogP contribution in [0.4, 0.5) is 4.79 Å². The van der Waals surface area contributed by atoms with E-state index in [9.17, 15) is 9.59 Å².